The van der Waals surface area contributed by atoms with E-state index in [9.17, 15) is 15.0 Å². The lowest BCUT2D eigenvalue weighted by atomic mass is 9.48. The lowest BCUT2D eigenvalue weighted by Crippen LogP contribution is -2.52. The summed E-state index contributed by atoms with van der Waals surface area (Å²) in [6, 6.07) is 0. The Labute approximate surface area is 138 Å². The molecule has 126 valence electrons. The highest BCUT2D eigenvalue weighted by Gasteiger charge is 2.57. The zero-order valence-corrected chi connectivity index (χ0v) is 14.2. The summed E-state index contributed by atoms with van der Waals surface area (Å²) >= 11 is 0. The molecule has 0 amide bonds. The van der Waals surface area contributed by atoms with Crippen molar-refractivity contribution in [1.82, 2.24) is 0 Å². The number of fused-ring (bicyclic) bond motifs is 5. The molecule has 0 radical (unpaired) electrons. The molecule has 0 saturated heterocycles. The van der Waals surface area contributed by atoms with Gasteiger partial charge >= 0.3 is 5.97 Å². The van der Waals surface area contributed by atoms with E-state index in [1.54, 1.807) is 0 Å². The van der Waals surface area contributed by atoms with Crippen LogP contribution in [0.1, 0.15) is 58.8 Å². The van der Waals surface area contributed by atoms with Crippen molar-refractivity contribution < 1.29 is 15.0 Å². The van der Waals surface area contributed by atoms with Crippen LogP contribution in [0.5, 0.6) is 0 Å². The smallest absolute Gasteiger partial charge is 0.331 e. The van der Waals surface area contributed by atoms with Crippen molar-refractivity contribution in [3.05, 3.63) is 23.3 Å². The van der Waals surface area contributed by atoms with Crippen LogP contribution in [0, 0.1) is 28.6 Å². The van der Waals surface area contributed by atoms with Crippen LogP contribution in [0.3, 0.4) is 0 Å². The molecule has 0 aromatic carbocycles. The molecule has 0 spiro atoms. The first-order chi connectivity index (χ1) is 10.8. The second-order valence-electron chi connectivity index (χ2n) is 8.88. The average molecular weight is 316 g/mol. The molecule has 0 aliphatic heterocycles. The molecule has 4 aliphatic carbocycles. The average Bonchev–Trinajstić information content (AvgIpc) is 2.89. The largest absolute Gasteiger partial charge is 0.478 e. The van der Waals surface area contributed by atoms with E-state index in [0.29, 0.717) is 35.2 Å². The predicted octanol–water partition coefficient (Wildman–Crippen LogP) is 3.93. The highest BCUT2D eigenvalue weighted by atomic mass is 16.4. The van der Waals surface area contributed by atoms with E-state index in [-0.39, 0.29) is 5.41 Å². The standard InChI is InChI=1S/C20H28O3/c1-19-7-3-4-14(19)17-15(6-8-19)20(2)9-5-12(18(22)23)10-13(20)11-16(17)21/h10-11,14-17,21H,3-9H2,1-2H3,(H,22,23)/t14-,15-,16?,17-,19-,20-/m0/s1. The van der Waals surface area contributed by atoms with E-state index >= 15 is 0 Å². The molecule has 0 bridgehead atoms. The number of hydrogen-bond acceptors (Lipinski definition) is 2. The Kier molecular flexibility index (Phi) is 3.32. The minimum atomic E-state index is -0.809. The monoisotopic (exact) mass is 316 g/mol. The number of carboxylic acid groups (broad SMARTS) is 1. The highest BCUT2D eigenvalue weighted by Crippen LogP contribution is 2.64. The van der Waals surface area contributed by atoms with E-state index in [1.807, 2.05) is 12.2 Å². The highest BCUT2D eigenvalue weighted by molar-refractivity contribution is 5.87. The van der Waals surface area contributed by atoms with Gasteiger partial charge in [0.1, 0.15) is 0 Å². The van der Waals surface area contributed by atoms with Crippen LogP contribution < -0.4 is 0 Å². The van der Waals surface area contributed by atoms with Gasteiger partial charge in [0.05, 0.1) is 6.10 Å². The molecule has 4 aliphatic rings. The maximum Gasteiger partial charge on any atom is 0.331 e. The zero-order valence-electron chi connectivity index (χ0n) is 14.2. The van der Waals surface area contributed by atoms with Crippen LogP contribution in [0.15, 0.2) is 23.3 Å². The number of aliphatic carboxylic acids is 1. The van der Waals surface area contributed by atoms with E-state index in [1.165, 1.54) is 32.1 Å². The van der Waals surface area contributed by atoms with Gasteiger partial charge in [0.2, 0.25) is 0 Å². The molecule has 2 saturated carbocycles. The van der Waals surface area contributed by atoms with Crippen LogP contribution in [-0.4, -0.2) is 22.3 Å². The quantitative estimate of drug-likeness (QED) is 0.770. The number of aliphatic hydroxyl groups is 1. The van der Waals surface area contributed by atoms with Gasteiger partial charge in [0.15, 0.2) is 0 Å². The number of carboxylic acids is 1. The minimum Gasteiger partial charge on any atom is -0.478 e. The molecule has 0 aromatic rings. The zero-order chi connectivity index (χ0) is 16.4. The molecule has 0 heterocycles. The van der Waals surface area contributed by atoms with Crippen LogP contribution in [0.25, 0.3) is 0 Å². The van der Waals surface area contributed by atoms with Crippen molar-refractivity contribution in [1.29, 1.82) is 0 Å². The number of aliphatic hydroxyl groups excluding tert-OH is 1. The Balaban J connectivity index is 1.76. The third kappa shape index (κ3) is 2.08. The van der Waals surface area contributed by atoms with E-state index < -0.39 is 12.1 Å². The Morgan fingerprint density at radius 2 is 1.96 bits per heavy atom. The molecule has 23 heavy (non-hydrogen) atoms. The lowest BCUT2D eigenvalue weighted by Gasteiger charge is -2.57. The Hall–Kier alpha value is -1.09. The number of carbonyl (C=O) groups is 1. The third-order valence-electron chi connectivity index (χ3n) is 7.85. The fourth-order valence-electron chi connectivity index (χ4n) is 6.47. The molecule has 1 unspecified atom stereocenters. The van der Waals surface area contributed by atoms with Crippen molar-refractivity contribution in [2.24, 2.45) is 28.6 Å². The third-order valence-corrected chi connectivity index (χ3v) is 7.85. The molecular formula is C20H28O3. The van der Waals surface area contributed by atoms with Gasteiger partial charge in [-0.15, -0.1) is 0 Å². The van der Waals surface area contributed by atoms with Crippen LogP contribution in [-0.2, 0) is 4.79 Å². The summed E-state index contributed by atoms with van der Waals surface area (Å²) in [6.45, 7) is 4.74. The number of hydrogen-bond donors (Lipinski definition) is 2. The van der Waals surface area contributed by atoms with Crippen molar-refractivity contribution in [2.45, 2.75) is 64.9 Å². The maximum atomic E-state index is 11.3. The molecule has 3 nitrogen and oxygen atoms in total. The lowest BCUT2D eigenvalue weighted by molar-refractivity contribution is -0.133. The predicted molar refractivity (Wildman–Crippen MR) is 88.8 cm³/mol. The second kappa shape index (κ2) is 4.95. The van der Waals surface area contributed by atoms with Gasteiger partial charge in [-0.1, -0.05) is 26.3 Å². The van der Waals surface area contributed by atoms with Gasteiger partial charge < -0.3 is 10.2 Å². The van der Waals surface area contributed by atoms with Gasteiger partial charge in [-0.25, -0.2) is 4.79 Å². The van der Waals surface area contributed by atoms with Crippen LogP contribution in [0.4, 0.5) is 0 Å². The molecule has 2 fully saturated rings. The van der Waals surface area contributed by atoms with Gasteiger partial charge in [0, 0.05) is 5.57 Å². The molecular weight excluding hydrogens is 288 g/mol. The molecule has 4 rings (SSSR count). The van der Waals surface area contributed by atoms with Crippen LogP contribution in [0.2, 0.25) is 0 Å². The van der Waals surface area contributed by atoms with Crippen molar-refractivity contribution in [3.63, 3.8) is 0 Å². The number of allylic oxidation sites excluding steroid dienone is 2. The molecule has 2 N–H and O–H groups in total. The summed E-state index contributed by atoms with van der Waals surface area (Å²) < 4.78 is 0. The van der Waals surface area contributed by atoms with E-state index in [2.05, 4.69) is 13.8 Å². The van der Waals surface area contributed by atoms with Gasteiger partial charge in [-0.3, -0.25) is 0 Å². The Bertz CT molecular complexity index is 604. The van der Waals surface area contributed by atoms with Gasteiger partial charge in [0.25, 0.3) is 0 Å². The minimum absolute atomic E-state index is 0.0484. The van der Waals surface area contributed by atoms with Gasteiger partial charge in [-0.05, 0) is 78.8 Å². The molecule has 0 aromatic heterocycles. The normalized spacial score (nSPS) is 48.7. The summed E-state index contributed by atoms with van der Waals surface area (Å²) in [6.07, 6.45) is 11.3. The summed E-state index contributed by atoms with van der Waals surface area (Å²) in [5.41, 5.74) is 2.05. The second-order valence-corrected chi connectivity index (χ2v) is 8.88. The summed E-state index contributed by atoms with van der Waals surface area (Å²) in [4.78, 5) is 11.3. The summed E-state index contributed by atoms with van der Waals surface area (Å²) in [5.74, 6) is 0.692. The molecule has 3 heteroatoms. The van der Waals surface area contributed by atoms with Gasteiger partial charge in [-0.2, -0.15) is 0 Å². The van der Waals surface area contributed by atoms with Crippen LogP contribution >= 0.6 is 0 Å². The maximum absolute atomic E-state index is 11.3. The Morgan fingerprint density at radius 3 is 2.70 bits per heavy atom. The fourth-order valence-corrected chi connectivity index (χ4v) is 6.47. The topological polar surface area (TPSA) is 57.5 Å². The first-order valence-electron chi connectivity index (χ1n) is 9.19. The summed E-state index contributed by atoms with van der Waals surface area (Å²) in [5, 5.41) is 20.2. The SMILES string of the molecule is C[C@@]12CCC[C@H]1[C@@H]1C(O)C=C3C=C(C(=O)O)CC[C@]3(C)[C@H]1CC2. The van der Waals surface area contributed by atoms with E-state index in [0.717, 1.165) is 12.0 Å². The Morgan fingerprint density at radius 1 is 1.17 bits per heavy atom. The first-order valence-corrected chi connectivity index (χ1v) is 9.19. The number of rotatable bonds is 1. The van der Waals surface area contributed by atoms with E-state index in [4.69, 9.17) is 0 Å². The summed E-state index contributed by atoms with van der Waals surface area (Å²) in [7, 11) is 0. The van der Waals surface area contributed by atoms with Crippen molar-refractivity contribution >= 4 is 5.97 Å². The first kappa shape index (κ1) is 15.4. The van der Waals surface area contributed by atoms with Crippen molar-refractivity contribution in [3.8, 4) is 0 Å². The fraction of sp³-hybridized carbons (Fsp3) is 0.750. The molecule has 6 atom stereocenters. The van der Waals surface area contributed by atoms with Crippen molar-refractivity contribution in [2.75, 3.05) is 0 Å².